The Hall–Kier alpha value is -3.71. The van der Waals surface area contributed by atoms with E-state index in [0.717, 1.165) is 55.7 Å². The van der Waals surface area contributed by atoms with Crippen molar-refractivity contribution >= 4 is 23.1 Å². The van der Waals surface area contributed by atoms with Gasteiger partial charge in [0.2, 0.25) is 5.78 Å². The number of Topliss-reactive ketones (excluding diaryl/α,β-unsaturated/α-hetero) is 3. The molecule has 2 aromatic carbocycles. The number of hydrogen-bond donors (Lipinski definition) is 4. The van der Waals surface area contributed by atoms with Crippen LogP contribution in [-0.2, 0) is 33.6 Å². The molecule has 42 heavy (non-hydrogen) atoms. The lowest BCUT2D eigenvalue weighted by Crippen LogP contribution is -2.65. The molecule has 222 valence electrons. The molecular weight excluding hydrogens is 532 g/mol. The molecule has 1 fully saturated rings. The summed E-state index contributed by atoms with van der Waals surface area (Å²) in [6, 6.07) is 9.81. The highest BCUT2D eigenvalue weighted by Gasteiger charge is 2.68. The number of aromatic hydroxyl groups is 1. The maximum Gasteiger partial charge on any atom is 0.203 e. The van der Waals surface area contributed by atoms with Crippen molar-refractivity contribution in [1.29, 1.82) is 0 Å². The molecule has 2 aromatic rings. The molecule has 0 aliphatic heterocycles. The molecule has 4 N–H and O–H groups in total. The predicted molar refractivity (Wildman–Crippen MR) is 160 cm³/mol. The molecule has 5 rings (SSSR count). The molecule has 3 atom stereocenters. The zero-order chi connectivity index (χ0) is 30.8. The number of carbonyl (C=O) groups excluding carboxylic acids is 3. The molecule has 0 bridgehead atoms. The lowest BCUT2D eigenvalue weighted by Gasteiger charge is -2.56. The first-order valence-corrected chi connectivity index (χ1v) is 14.9. The van der Waals surface area contributed by atoms with E-state index in [1.165, 1.54) is 11.6 Å². The summed E-state index contributed by atoms with van der Waals surface area (Å²) in [6.45, 7) is 8.73. The van der Waals surface area contributed by atoms with Crippen molar-refractivity contribution in [2.45, 2.75) is 91.6 Å². The van der Waals surface area contributed by atoms with Crippen molar-refractivity contribution in [3.8, 4) is 16.9 Å². The van der Waals surface area contributed by atoms with Crippen LogP contribution >= 0.6 is 0 Å². The average Bonchev–Trinajstić information content (AvgIpc) is 2.90. The topological polar surface area (TPSA) is 132 Å². The fourth-order valence-corrected chi connectivity index (χ4v) is 7.82. The van der Waals surface area contributed by atoms with Crippen LogP contribution in [0.25, 0.3) is 16.9 Å². The fourth-order valence-electron chi connectivity index (χ4n) is 7.82. The van der Waals surface area contributed by atoms with E-state index in [-0.39, 0.29) is 36.1 Å². The number of hydrogen-bond acceptors (Lipinski definition) is 7. The number of unbranched alkanes of at least 4 members (excludes halogenated alkanes) is 2. The van der Waals surface area contributed by atoms with Crippen LogP contribution in [0.4, 0.5) is 0 Å². The minimum Gasteiger partial charge on any atom is -0.508 e. The molecule has 7 nitrogen and oxygen atoms in total. The van der Waals surface area contributed by atoms with Gasteiger partial charge in [-0.05, 0) is 72.9 Å². The molecular formula is C35H40O7. The summed E-state index contributed by atoms with van der Waals surface area (Å²) in [5.74, 6) is -3.94. The van der Waals surface area contributed by atoms with Gasteiger partial charge < -0.3 is 20.4 Å². The first kappa shape index (κ1) is 29.8. The molecule has 1 saturated carbocycles. The van der Waals surface area contributed by atoms with Crippen LogP contribution < -0.4 is 0 Å². The van der Waals surface area contributed by atoms with E-state index in [2.05, 4.69) is 32.0 Å². The summed E-state index contributed by atoms with van der Waals surface area (Å²) < 4.78 is 0. The minimum atomic E-state index is -2.57. The summed E-state index contributed by atoms with van der Waals surface area (Å²) in [6.07, 6.45) is 5.09. The molecule has 0 heterocycles. The van der Waals surface area contributed by atoms with Gasteiger partial charge in [-0.3, -0.25) is 14.4 Å². The number of phenolic OH excluding ortho intramolecular Hbond substituents is 1. The zero-order valence-electron chi connectivity index (χ0n) is 25.1. The molecule has 0 aromatic heterocycles. The Kier molecular flexibility index (Phi) is 7.25. The van der Waals surface area contributed by atoms with Crippen molar-refractivity contribution in [3.63, 3.8) is 0 Å². The number of ketones is 3. The predicted octanol–water partition coefficient (Wildman–Crippen LogP) is 6.27. The number of aliphatic hydroxyl groups is 3. The normalized spacial score (nSPS) is 27.1. The number of benzene rings is 2. The lowest BCUT2D eigenvalue weighted by atomic mass is 9.47. The van der Waals surface area contributed by atoms with Gasteiger partial charge in [-0.1, -0.05) is 64.8 Å². The molecule has 7 heteroatoms. The molecule has 0 unspecified atom stereocenters. The second-order valence-electron chi connectivity index (χ2n) is 12.9. The van der Waals surface area contributed by atoms with Gasteiger partial charge in [0, 0.05) is 22.8 Å². The van der Waals surface area contributed by atoms with Gasteiger partial charge in [-0.15, -0.1) is 0 Å². The summed E-state index contributed by atoms with van der Waals surface area (Å²) in [5.41, 5.74) is -0.736. The number of aliphatic hydroxyl groups excluding tert-OH is 2. The van der Waals surface area contributed by atoms with Gasteiger partial charge in [0.25, 0.3) is 0 Å². The van der Waals surface area contributed by atoms with Crippen LogP contribution in [0.15, 0.2) is 47.2 Å². The Balaban J connectivity index is 1.73. The number of phenols is 1. The Morgan fingerprint density at radius 1 is 0.952 bits per heavy atom. The van der Waals surface area contributed by atoms with Gasteiger partial charge in [-0.2, -0.15) is 0 Å². The van der Waals surface area contributed by atoms with Crippen LogP contribution in [0.5, 0.6) is 5.75 Å². The monoisotopic (exact) mass is 572 g/mol. The number of carbonyl (C=O) groups is 3. The maximum absolute atomic E-state index is 14.2. The summed E-state index contributed by atoms with van der Waals surface area (Å²) in [7, 11) is 0. The Morgan fingerprint density at radius 2 is 1.67 bits per heavy atom. The number of fused-ring (bicyclic) bond motifs is 3. The maximum atomic E-state index is 14.2. The highest BCUT2D eigenvalue weighted by Crippen LogP contribution is 2.63. The van der Waals surface area contributed by atoms with Crippen molar-refractivity contribution in [3.05, 3.63) is 69.5 Å². The fraction of sp³-hybridized carbons (Fsp3) is 0.457. The van der Waals surface area contributed by atoms with Crippen LogP contribution in [-0.4, -0.2) is 43.4 Å². The van der Waals surface area contributed by atoms with Crippen molar-refractivity contribution < 1.29 is 34.8 Å². The second-order valence-corrected chi connectivity index (χ2v) is 12.9. The van der Waals surface area contributed by atoms with E-state index in [1.54, 1.807) is 6.92 Å². The van der Waals surface area contributed by atoms with Gasteiger partial charge in [-0.25, -0.2) is 0 Å². The molecule has 3 aliphatic carbocycles. The van der Waals surface area contributed by atoms with E-state index >= 15 is 0 Å². The zero-order valence-corrected chi connectivity index (χ0v) is 25.1. The summed E-state index contributed by atoms with van der Waals surface area (Å²) in [5, 5.41) is 45.7. The highest BCUT2D eigenvalue weighted by molar-refractivity contribution is 6.23. The second kappa shape index (κ2) is 10.2. The van der Waals surface area contributed by atoms with E-state index in [1.807, 2.05) is 13.0 Å². The third-order valence-corrected chi connectivity index (χ3v) is 9.82. The molecule has 0 spiro atoms. The van der Waals surface area contributed by atoms with Crippen molar-refractivity contribution in [2.24, 2.45) is 10.8 Å². The minimum absolute atomic E-state index is 0.0782. The Labute approximate surface area is 246 Å². The summed E-state index contributed by atoms with van der Waals surface area (Å²) >= 11 is 0. The molecule has 0 saturated heterocycles. The standard InChI is InChI=1S/C35H40O7/c1-6-8-9-10-20-11-12-21(7-2)23(15-20)22-13-14-25(37)28-24(22)16-33(4)18-34(5)17-26(38)27(19(3)36)31(40)35(34,42)32(41)29(33)30(28)39/h11-15,37,39-40,42H,6-10,16-18H2,1-5H3/t33-,34+,35+/m0/s1. The van der Waals surface area contributed by atoms with Crippen molar-refractivity contribution in [2.75, 3.05) is 0 Å². The van der Waals surface area contributed by atoms with Crippen molar-refractivity contribution in [1.82, 2.24) is 0 Å². The average molecular weight is 573 g/mol. The van der Waals surface area contributed by atoms with Gasteiger partial charge in [0.15, 0.2) is 17.2 Å². The van der Waals surface area contributed by atoms with E-state index in [4.69, 9.17) is 0 Å². The van der Waals surface area contributed by atoms with Gasteiger partial charge in [0.1, 0.15) is 22.8 Å². The third-order valence-electron chi connectivity index (χ3n) is 9.82. The lowest BCUT2D eigenvalue weighted by molar-refractivity contribution is -0.164. The first-order valence-electron chi connectivity index (χ1n) is 14.9. The number of aryl methyl sites for hydroxylation is 2. The highest BCUT2D eigenvalue weighted by atomic mass is 16.3. The Bertz CT molecular complexity index is 1590. The number of allylic oxidation sites excluding steroid dienone is 1. The smallest absolute Gasteiger partial charge is 0.203 e. The first-order chi connectivity index (χ1) is 19.7. The van der Waals surface area contributed by atoms with Crippen LogP contribution in [0, 0.1) is 10.8 Å². The quantitative estimate of drug-likeness (QED) is 0.227. The van der Waals surface area contributed by atoms with E-state index < -0.39 is 50.9 Å². The number of rotatable bonds is 7. The SMILES string of the molecule is CCCCCc1ccc(CC)c(-c2ccc(O)c3c2C[C@@]2(C)C[C@@]4(C)CC(=O)C(C(C)=O)=C(O)[C@@]4(O)C(=O)C2=C3O)c1. The Morgan fingerprint density at radius 3 is 2.31 bits per heavy atom. The van der Waals surface area contributed by atoms with E-state index in [0.29, 0.717) is 5.56 Å². The van der Waals surface area contributed by atoms with Crippen LogP contribution in [0.3, 0.4) is 0 Å². The summed E-state index contributed by atoms with van der Waals surface area (Å²) in [4.78, 5) is 39.4. The third kappa shape index (κ3) is 4.16. The van der Waals surface area contributed by atoms with Crippen LogP contribution in [0.1, 0.15) is 89.0 Å². The molecule has 0 amide bonds. The molecule has 0 radical (unpaired) electrons. The largest absolute Gasteiger partial charge is 0.508 e. The van der Waals surface area contributed by atoms with Gasteiger partial charge in [0.05, 0.1) is 5.56 Å². The molecule has 3 aliphatic rings. The van der Waals surface area contributed by atoms with E-state index in [9.17, 15) is 34.8 Å². The van der Waals surface area contributed by atoms with Gasteiger partial charge >= 0.3 is 0 Å². The van der Waals surface area contributed by atoms with Crippen LogP contribution in [0.2, 0.25) is 0 Å².